The number of fused-ring (bicyclic) bond motifs is 1. The number of hydrogen-bond acceptors (Lipinski definition) is 4. The van der Waals surface area contributed by atoms with E-state index in [2.05, 4.69) is 37.4 Å². The van der Waals surface area contributed by atoms with Gasteiger partial charge in [-0.2, -0.15) is 0 Å². The molecule has 0 unspecified atom stereocenters. The van der Waals surface area contributed by atoms with Gasteiger partial charge in [0.15, 0.2) is 5.82 Å². The summed E-state index contributed by atoms with van der Waals surface area (Å²) in [5, 5.41) is 5.51. The van der Waals surface area contributed by atoms with Crippen molar-refractivity contribution in [3.8, 4) is 0 Å². The maximum absolute atomic E-state index is 6.09. The third kappa shape index (κ3) is 6.58. The van der Waals surface area contributed by atoms with Gasteiger partial charge in [-0.15, -0.1) is 24.8 Å². The van der Waals surface area contributed by atoms with Crippen molar-refractivity contribution in [2.45, 2.75) is 57.5 Å². The van der Waals surface area contributed by atoms with Crippen molar-refractivity contribution in [2.75, 3.05) is 5.32 Å². The fourth-order valence-electron chi connectivity index (χ4n) is 3.91. The topological polar surface area (TPSA) is 63.8 Å². The largest absolute Gasteiger partial charge is 0.367 e. The van der Waals surface area contributed by atoms with Gasteiger partial charge in [-0.3, -0.25) is 0 Å². The summed E-state index contributed by atoms with van der Waals surface area (Å²) in [5.41, 5.74) is 9.41. The van der Waals surface area contributed by atoms with Gasteiger partial charge in [0.05, 0.1) is 5.52 Å². The smallest absolute Gasteiger partial charge is 0.154 e. The van der Waals surface area contributed by atoms with E-state index >= 15 is 0 Å². The molecule has 32 heavy (non-hydrogen) atoms. The fourth-order valence-corrected chi connectivity index (χ4v) is 4.04. The Morgan fingerprint density at radius 2 is 1.66 bits per heavy atom. The lowest BCUT2D eigenvalue weighted by Crippen LogP contribution is -2.33. The van der Waals surface area contributed by atoms with Gasteiger partial charge >= 0.3 is 0 Å². The molecule has 2 aromatic carbocycles. The van der Waals surface area contributed by atoms with Crippen LogP contribution < -0.4 is 11.1 Å². The molecule has 0 radical (unpaired) electrons. The number of hydrogen-bond donors (Lipinski definition) is 2. The van der Waals surface area contributed by atoms with Gasteiger partial charge in [-0.25, -0.2) is 9.97 Å². The van der Waals surface area contributed by atoms with E-state index in [1.54, 1.807) is 0 Å². The van der Waals surface area contributed by atoms with Crippen molar-refractivity contribution in [1.29, 1.82) is 0 Å². The molecule has 0 amide bonds. The highest BCUT2D eigenvalue weighted by atomic mass is 35.5. The van der Waals surface area contributed by atoms with Crippen LogP contribution >= 0.6 is 36.4 Å². The molecule has 4 rings (SSSR count). The Bertz CT molecular complexity index is 1040. The van der Waals surface area contributed by atoms with E-state index in [9.17, 15) is 0 Å². The Kier molecular flexibility index (Phi) is 9.78. The van der Waals surface area contributed by atoms with Crippen molar-refractivity contribution in [3.05, 3.63) is 64.4 Å². The maximum Gasteiger partial charge on any atom is 0.154 e. The molecule has 0 atom stereocenters. The second-order valence-electron chi connectivity index (χ2n) is 8.50. The zero-order valence-electron chi connectivity index (χ0n) is 18.4. The summed E-state index contributed by atoms with van der Waals surface area (Å²) < 4.78 is 0. The molecule has 0 bridgehead atoms. The molecule has 0 saturated heterocycles. The number of nitrogens with two attached hydrogens (primary N) is 1. The van der Waals surface area contributed by atoms with Gasteiger partial charge in [0, 0.05) is 22.5 Å². The van der Waals surface area contributed by atoms with E-state index in [-0.39, 0.29) is 24.8 Å². The van der Waals surface area contributed by atoms with E-state index in [1.807, 2.05) is 36.4 Å². The highest BCUT2D eigenvalue weighted by Gasteiger charge is 2.20. The Hall–Kier alpha value is -1.85. The molecule has 1 aliphatic carbocycles. The summed E-state index contributed by atoms with van der Waals surface area (Å²) in [5.74, 6) is 2.07. The Balaban J connectivity index is 0.00000181. The number of aromatic nitrogens is 2. The second kappa shape index (κ2) is 11.9. The highest BCUT2D eigenvalue weighted by molar-refractivity contribution is 6.30. The molecule has 1 saturated carbocycles. The van der Waals surface area contributed by atoms with Crippen molar-refractivity contribution >= 4 is 65.3 Å². The normalized spacial score (nSPS) is 18.4. The summed E-state index contributed by atoms with van der Waals surface area (Å²) in [4.78, 5) is 9.67. The summed E-state index contributed by atoms with van der Waals surface area (Å²) in [7, 11) is 0. The van der Waals surface area contributed by atoms with E-state index in [1.165, 1.54) is 5.56 Å². The Morgan fingerprint density at radius 3 is 2.31 bits per heavy atom. The minimum absolute atomic E-state index is 0. The minimum atomic E-state index is 0. The minimum Gasteiger partial charge on any atom is -0.367 e. The van der Waals surface area contributed by atoms with Crippen LogP contribution in [-0.2, 0) is 0 Å². The van der Waals surface area contributed by atoms with E-state index in [0.29, 0.717) is 23.8 Å². The first-order valence-corrected chi connectivity index (χ1v) is 11.1. The second-order valence-corrected chi connectivity index (χ2v) is 8.94. The standard InChI is InChI=1S/C25H29ClN4.2ClH/c1-16(2)18-6-13-23-22(15-18)25(28-21-11-9-20(27)10-12-21)30-24(29-23)14-5-17-3-7-19(26)8-4-17;;/h3-8,13-16,20-21H,9-12,27H2,1-2H3,(H,28,29,30);2*1H. The predicted molar refractivity (Wildman–Crippen MR) is 142 cm³/mol. The highest BCUT2D eigenvalue weighted by Crippen LogP contribution is 2.28. The van der Waals surface area contributed by atoms with E-state index in [4.69, 9.17) is 27.3 Å². The van der Waals surface area contributed by atoms with Crippen LogP contribution in [0.4, 0.5) is 5.82 Å². The molecule has 4 nitrogen and oxygen atoms in total. The van der Waals surface area contributed by atoms with Crippen molar-refractivity contribution in [1.82, 2.24) is 9.97 Å². The van der Waals surface area contributed by atoms with Crippen LogP contribution in [0.25, 0.3) is 23.1 Å². The molecule has 0 aliphatic heterocycles. The Morgan fingerprint density at radius 1 is 0.969 bits per heavy atom. The van der Waals surface area contributed by atoms with Crippen LogP contribution in [0.5, 0.6) is 0 Å². The lowest BCUT2D eigenvalue weighted by Gasteiger charge is -2.27. The van der Waals surface area contributed by atoms with Crippen LogP contribution in [0, 0.1) is 0 Å². The molecule has 172 valence electrons. The number of halogens is 3. The van der Waals surface area contributed by atoms with Crippen LogP contribution in [0.15, 0.2) is 42.5 Å². The molecule has 3 N–H and O–H groups in total. The molecule has 1 aromatic heterocycles. The number of nitrogens with one attached hydrogen (secondary N) is 1. The monoisotopic (exact) mass is 492 g/mol. The number of anilines is 1. The third-order valence-electron chi connectivity index (χ3n) is 5.81. The van der Waals surface area contributed by atoms with Gasteiger partial charge in [0.2, 0.25) is 0 Å². The molecular formula is C25H31Cl3N4. The van der Waals surface area contributed by atoms with Gasteiger partial charge < -0.3 is 11.1 Å². The molecule has 1 fully saturated rings. The predicted octanol–water partition coefficient (Wildman–Crippen LogP) is 7.10. The van der Waals surface area contributed by atoms with Crippen molar-refractivity contribution in [2.24, 2.45) is 5.73 Å². The molecule has 7 heteroatoms. The molecular weight excluding hydrogens is 463 g/mol. The van der Waals surface area contributed by atoms with Crippen molar-refractivity contribution in [3.63, 3.8) is 0 Å². The number of nitrogens with zero attached hydrogens (tertiary/aromatic N) is 2. The summed E-state index contributed by atoms with van der Waals surface area (Å²) in [6.07, 6.45) is 8.24. The lowest BCUT2D eigenvalue weighted by molar-refractivity contribution is 0.410. The average molecular weight is 494 g/mol. The average Bonchev–Trinajstić information content (AvgIpc) is 2.74. The van der Waals surface area contributed by atoms with Crippen LogP contribution in [0.3, 0.4) is 0 Å². The zero-order valence-corrected chi connectivity index (χ0v) is 20.8. The first-order valence-electron chi connectivity index (χ1n) is 10.8. The van der Waals surface area contributed by atoms with Crippen molar-refractivity contribution < 1.29 is 0 Å². The zero-order chi connectivity index (χ0) is 21.1. The fraction of sp³-hybridized carbons (Fsp3) is 0.360. The first-order chi connectivity index (χ1) is 14.5. The summed E-state index contributed by atoms with van der Waals surface area (Å²) >= 11 is 5.99. The van der Waals surface area contributed by atoms with Gasteiger partial charge in [0.25, 0.3) is 0 Å². The van der Waals surface area contributed by atoms with E-state index in [0.717, 1.165) is 53.0 Å². The van der Waals surface area contributed by atoms with Gasteiger partial charge in [-0.1, -0.05) is 49.7 Å². The van der Waals surface area contributed by atoms with E-state index < -0.39 is 0 Å². The molecule has 3 aromatic rings. The first kappa shape index (κ1) is 26.4. The van der Waals surface area contributed by atoms with Gasteiger partial charge in [0.1, 0.15) is 5.82 Å². The van der Waals surface area contributed by atoms with Crippen LogP contribution in [-0.4, -0.2) is 22.1 Å². The molecule has 0 spiro atoms. The number of rotatable bonds is 5. The summed E-state index contributed by atoms with van der Waals surface area (Å²) in [6, 6.07) is 15.0. The molecule has 1 aliphatic rings. The lowest BCUT2D eigenvalue weighted by atomic mass is 9.91. The summed E-state index contributed by atoms with van der Waals surface area (Å²) in [6.45, 7) is 4.42. The maximum atomic E-state index is 6.09. The van der Waals surface area contributed by atoms with Gasteiger partial charge in [-0.05, 0) is 73.1 Å². The van der Waals surface area contributed by atoms with Crippen LogP contribution in [0.2, 0.25) is 5.02 Å². The SMILES string of the molecule is CC(C)c1ccc2nc(C=Cc3ccc(Cl)cc3)nc(NC3CCC(N)CC3)c2c1.Cl.Cl. The quantitative estimate of drug-likeness (QED) is 0.398. The van der Waals surface area contributed by atoms with Crippen LogP contribution in [0.1, 0.15) is 62.4 Å². The molecule has 1 heterocycles. The Labute approximate surface area is 207 Å². The third-order valence-corrected chi connectivity index (χ3v) is 6.06. The number of benzene rings is 2.